The molecule has 0 radical (unpaired) electrons. The van der Waals surface area contributed by atoms with Crippen LogP contribution in [0.1, 0.15) is 12.8 Å². The highest BCUT2D eigenvalue weighted by Gasteiger charge is 2.33. The molecule has 0 aliphatic carbocycles. The molecule has 1 aliphatic heterocycles. The van der Waals surface area contributed by atoms with Gasteiger partial charge in [0, 0.05) is 18.5 Å². The summed E-state index contributed by atoms with van der Waals surface area (Å²) >= 11 is 0. The zero-order valence-electron chi connectivity index (χ0n) is 11.4. The van der Waals surface area contributed by atoms with Crippen molar-refractivity contribution in [3.8, 4) is 0 Å². The molecule has 1 fully saturated rings. The van der Waals surface area contributed by atoms with Gasteiger partial charge >= 0.3 is 12.0 Å². The molecule has 114 valence electrons. The van der Waals surface area contributed by atoms with Crippen molar-refractivity contribution in [2.45, 2.75) is 23.8 Å². The molecule has 0 bridgehead atoms. The van der Waals surface area contributed by atoms with Crippen LogP contribution in [0.25, 0.3) is 0 Å². The number of sulfone groups is 1. The van der Waals surface area contributed by atoms with Gasteiger partial charge in [-0.15, -0.1) is 0 Å². The Morgan fingerprint density at radius 2 is 1.90 bits per heavy atom. The maximum Gasteiger partial charge on any atom is 0.326 e. The first-order valence-corrected chi connectivity index (χ1v) is 8.29. The number of likely N-dealkylation sites (tertiary alicyclic amines) is 1. The summed E-state index contributed by atoms with van der Waals surface area (Å²) in [4.78, 5) is 24.5. The maximum atomic E-state index is 12.0. The molecule has 0 aromatic heterocycles. The van der Waals surface area contributed by atoms with E-state index in [0.29, 0.717) is 25.1 Å². The van der Waals surface area contributed by atoms with Crippen LogP contribution in [0.2, 0.25) is 0 Å². The van der Waals surface area contributed by atoms with Crippen molar-refractivity contribution in [1.29, 1.82) is 0 Å². The lowest BCUT2D eigenvalue weighted by atomic mass is 10.2. The summed E-state index contributed by atoms with van der Waals surface area (Å²) in [5.41, 5.74) is 0.420. The predicted octanol–water partition coefficient (Wildman–Crippen LogP) is 1.17. The van der Waals surface area contributed by atoms with Gasteiger partial charge in [0.2, 0.25) is 0 Å². The van der Waals surface area contributed by atoms with Gasteiger partial charge in [0.15, 0.2) is 9.84 Å². The summed E-state index contributed by atoms with van der Waals surface area (Å²) in [6.07, 6.45) is 2.19. The third-order valence-electron chi connectivity index (χ3n) is 3.33. The minimum absolute atomic E-state index is 0.157. The van der Waals surface area contributed by atoms with Crippen LogP contribution in [0.4, 0.5) is 10.5 Å². The van der Waals surface area contributed by atoms with Gasteiger partial charge in [0.1, 0.15) is 6.04 Å². The number of carbonyl (C=O) groups excluding carboxylic acids is 1. The molecule has 1 heterocycles. The van der Waals surface area contributed by atoms with E-state index in [1.807, 2.05) is 0 Å². The quantitative estimate of drug-likeness (QED) is 0.872. The number of aliphatic carboxylic acids is 1. The number of carboxylic acids is 1. The van der Waals surface area contributed by atoms with Gasteiger partial charge in [0.05, 0.1) is 4.90 Å². The predicted molar refractivity (Wildman–Crippen MR) is 75.9 cm³/mol. The van der Waals surface area contributed by atoms with E-state index in [-0.39, 0.29) is 4.90 Å². The van der Waals surface area contributed by atoms with Crippen LogP contribution >= 0.6 is 0 Å². The summed E-state index contributed by atoms with van der Waals surface area (Å²) in [6.45, 7) is 0.393. The van der Waals surface area contributed by atoms with Crippen LogP contribution in [0.3, 0.4) is 0 Å². The van der Waals surface area contributed by atoms with Gasteiger partial charge in [-0.3, -0.25) is 0 Å². The van der Waals surface area contributed by atoms with Crippen molar-refractivity contribution in [3.05, 3.63) is 24.3 Å². The van der Waals surface area contributed by atoms with Crippen LogP contribution in [0, 0.1) is 0 Å². The van der Waals surface area contributed by atoms with Crippen LogP contribution in [-0.4, -0.2) is 49.3 Å². The first-order valence-electron chi connectivity index (χ1n) is 6.39. The van der Waals surface area contributed by atoms with E-state index in [2.05, 4.69) is 5.32 Å². The second kappa shape index (κ2) is 5.72. The topological polar surface area (TPSA) is 104 Å². The maximum absolute atomic E-state index is 12.0. The molecule has 1 aliphatic rings. The third kappa shape index (κ3) is 3.52. The lowest BCUT2D eigenvalue weighted by Crippen LogP contribution is -2.42. The van der Waals surface area contributed by atoms with Crippen LogP contribution in [0.5, 0.6) is 0 Å². The van der Waals surface area contributed by atoms with E-state index < -0.39 is 27.9 Å². The van der Waals surface area contributed by atoms with Gasteiger partial charge in [-0.2, -0.15) is 0 Å². The highest BCUT2D eigenvalue weighted by atomic mass is 32.2. The van der Waals surface area contributed by atoms with Crippen molar-refractivity contribution in [1.82, 2.24) is 4.90 Å². The zero-order valence-corrected chi connectivity index (χ0v) is 12.3. The Kier molecular flexibility index (Phi) is 4.17. The van der Waals surface area contributed by atoms with E-state index >= 15 is 0 Å². The van der Waals surface area contributed by atoms with E-state index in [4.69, 9.17) is 5.11 Å². The average Bonchev–Trinajstić information content (AvgIpc) is 2.87. The monoisotopic (exact) mass is 312 g/mol. The van der Waals surface area contributed by atoms with Crippen LogP contribution in [0.15, 0.2) is 29.2 Å². The Morgan fingerprint density at radius 1 is 1.29 bits per heavy atom. The van der Waals surface area contributed by atoms with Crippen molar-refractivity contribution >= 4 is 27.5 Å². The van der Waals surface area contributed by atoms with Crippen LogP contribution < -0.4 is 5.32 Å². The Bertz CT molecular complexity index is 654. The molecule has 2 N–H and O–H groups in total. The second-order valence-corrected chi connectivity index (χ2v) is 6.93. The average molecular weight is 312 g/mol. The molecule has 2 amide bonds. The molecule has 1 aromatic rings. The molecular formula is C13H16N2O5S. The number of hydrogen-bond donors (Lipinski definition) is 2. The highest BCUT2D eigenvalue weighted by Crippen LogP contribution is 2.20. The molecular weight excluding hydrogens is 296 g/mol. The zero-order chi connectivity index (χ0) is 15.6. The first-order chi connectivity index (χ1) is 9.79. The van der Waals surface area contributed by atoms with Gasteiger partial charge in [-0.25, -0.2) is 18.0 Å². The smallest absolute Gasteiger partial charge is 0.326 e. The van der Waals surface area contributed by atoms with E-state index in [0.717, 1.165) is 6.26 Å². The molecule has 1 atom stereocenters. The molecule has 21 heavy (non-hydrogen) atoms. The summed E-state index contributed by atoms with van der Waals surface area (Å²) in [7, 11) is -3.28. The first kappa shape index (κ1) is 15.3. The molecule has 1 saturated heterocycles. The number of rotatable bonds is 3. The SMILES string of the molecule is CS(=O)(=O)c1ccc(NC(=O)N2CCC[C@H]2C(=O)O)cc1. The fraction of sp³-hybridized carbons (Fsp3) is 0.385. The number of anilines is 1. The number of amides is 2. The standard InChI is InChI=1S/C13H16N2O5S/c1-21(19,20)10-6-4-9(5-7-10)14-13(18)15-8-2-3-11(15)12(16)17/h4-7,11H,2-3,8H2,1H3,(H,14,18)(H,16,17)/t11-/m0/s1. The number of nitrogens with one attached hydrogen (secondary N) is 1. The normalized spacial score (nSPS) is 18.5. The molecule has 0 spiro atoms. The largest absolute Gasteiger partial charge is 0.480 e. The fourth-order valence-electron chi connectivity index (χ4n) is 2.25. The van der Waals surface area contributed by atoms with E-state index in [1.54, 1.807) is 0 Å². The number of carbonyl (C=O) groups is 2. The lowest BCUT2D eigenvalue weighted by molar-refractivity contribution is -0.141. The van der Waals surface area contributed by atoms with Crippen LogP contribution in [-0.2, 0) is 14.6 Å². The van der Waals surface area contributed by atoms with Gasteiger partial charge in [0.25, 0.3) is 0 Å². The van der Waals surface area contributed by atoms with Gasteiger partial charge < -0.3 is 15.3 Å². The molecule has 1 aromatic carbocycles. The summed E-state index contributed by atoms with van der Waals surface area (Å²) in [5.74, 6) is -1.02. The fourth-order valence-corrected chi connectivity index (χ4v) is 2.88. The number of nitrogens with zero attached hydrogens (tertiary/aromatic N) is 1. The highest BCUT2D eigenvalue weighted by molar-refractivity contribution is 7.90. The van der Waals surface area contributed by atoms with Crippen molar-refractivity contribution in [2.24, 2.45) is 0 Å². The summed E-state index contributed by atoms with van der Waals surface area (Å²) < 4.78 is 22.7. The Morgan fingerprint density at radius 3 is 2.43 bits per heavy atom. The van der Waals surface area contributed by atoms with Crippen molar-refractivity contribution in [3.63, 3.8) is 0 Å². The molecule has 2 rings (SSSR count). The molecule has 7 nitrogen and oxygen atoms in total. The van der Waals surface area contributed by atoms with Crippen molar-refractivity contribution in [2.75, 3.05) is 18.1 Å². The lowest BCUT2D eigenvalue weighted by Gasteiger charge is -2.21. The second-order valence-electron chi connectivity index (χ2n) is 4.92. The van der Waals surface area contributed by atoms with Gasteiger partial charge in [-0.1, -0.05) is 0 Å². The number of benzene rings is 1. The van der Waals surface area contributed by atoms with Crippen molar-refractivity contribution < 1.29 is 23.1 Å². The summed E-state index contributed by atoms with van der Waals surface area (Å²) in [5, 5.41) is 11.6. The van der Waals surface area contributed by atoms with E-state index in [1.165, 1.54) is 29.2 Å². The number of carboxylic acid groups (broad SMARTS) is 1. The minimum atomic E-state index is -3.28. The molecule has 8 heteroatoms. The number of hydrogen-bond acceptors (Lipinski definition) is 4. The van der Waals surface area contributed by atoms with Gasteiger partial charge in [-0.05, 0) is 37.1 Å². The molecule has 0 unspecified atom stereocenters. The molecule has 0 saturated carbocycles. The van der Waals surface area contributed by atoms with E-state index in [9.17, 15) is 18.0 Å². The Labute approximate surface area is 122 Å². The summed E-state index contributed by atoms with van der Waals surface area (Å²) in [6, 6.07) is 4.43. The number of urea groups is 1. The minimum Gasteiger partial charge on any atom is -0.480 e. The Balaban J connectivity index is 2.08. The Hall–Kier alpha value is -2.09. The third-order valence-corrected chi connectivity index (χ3v) is 4.46.